The monoisotopic (exact) mass is 360 g/mol. The second-order valence-electron chi connectivity index (χ2n) is 5.04. The molecule has 26 heavy (non-hydrogen) atoms. The predicted octanol–water partition coefficient (Wildman–Crippen LogP) is 1.61. The zero-order valence-electron chi connectivity index (χ0n) is 13.0. The molecule has 0 aliphatic rings. The molecule has 0 unspecified atom stereocenters. The summed E-state index contributed by atoms with van der Waals surface area (Å²) in [5.74, 6) is -1.10. The van der Waals surface area contributed by atoms with Crippen LogP contribution < -0.4 is 5.43 Å². The number of hydrogen-bond donors (Lipinski definition) is 3. The molecule has 0 atom stereocenters. The van der Waals surface area contributed by atoms with E-state index in [9.17, 15) is 30.1 Å². The fourth-order valence-corrected chi connectivity index (χ4v) is 2.01. The molecule has 0 spiro atoms. The van der Waals surface area contributed by atoms with E-state index in [1.165, 1.54) is 12.1 Å². The number of carbonyl (C=O) groups is 1. The van der Waals surface area contributed by atoms with E-state index in [-0.39, 0.29) is 22.6 Å². The van der Waals surface area contributed by atoms with Crippen LogP contribution in [-0.4, -0.2) is 32.2 Å². The lowest BCUT2D eigenvalue weighted by atomic mass is 10.1. The fraction of sp³-hybridized carbons (Fsp3) is 0.0667. The zero-order valence-corrected chi connectivity index (χ0v) is 13.0. The van der Waals surface area contributed by atoms with Gasteiger partial charge in [-0.1, -0.05) is 0 Å². The summed E-state index contributed by atoms with van der Waals surface area (Å²) < 4.78 is 0. The standard InChI is InChI=1S/C15H12N4O7/c20-12-4-2-10(14(21)7-12)8-16-17-15(22)5-9-1-3-11(18(23)24)6-13(9)19(25)26/h1-4,6-8,20-21H,5H2,(H,17,22)/b16-8+. The van der Waals surface area contributed by atoms with Crippen LogP contribution in [0.3, 0.4) is 0 Å². The molecule has 0 saturated heterocycles. The van der Waals surface area contributed by atoms with Crippen LogP contribution in [0.5, 0.6) is 11.5 Å². The van der Waals surface area contributed by atoms with E-state index in [4.69, 9.17) is 5.11 Å². The Kier molecular flexibility index (Phi) is 5.43. The Bertz CT molecular complexity index is 911. The Morgan fingerprint density at radius 2 is 1.85 bits per heavy atom. The van der Waals surface area contributed by atoms with Gasteiger partial charge in [-0.05, 0) is 18.2 Å². The lowest BCUT2D eigenvalue weighted by Gasteiger charge is -2.03. The van der Waals surface area contributed by atoms with E-state index >= 15 is 0 Å². The van der Waals surface area contributed by atoms with Crippen LogP contribution >= 0.6 is 0 Å². The molecule has 0 aromatic heterocycles. The molecule has 0 radical (unpaired) electrons. The number of aromatic hydroxyl groups is 2. The summed E-state index contributed by atoms with van der Waals surface area (Å²) in [6.45, 7) is 0. The molecule has 0 aliphatic carbocycles. The highest BCUT2D eigenvalue weighted by molar-refractivity contribution is 5.86. The number of hydrazone groups is 1. The van der Waals surface area contributed by atoms with Crippen molar-refractivity contribution in [3.05, 3.63) is 67.8 Å². The molecule has 0 saturated carbocycles. The molecule has 0 bridgehead atoms. The molecule has 134 valence electrons. The third kappa shape index (κ3) is 4.50. The van der Waals surface area contributed by atoms with Gasteiger partial charge in [0.2, 0.25) is 5.91 Å². The lowest BCUT2D eigenvalue weighted by Crippen LogP contribution is -2.20. The fourth-order valence-electron chi connectivity index (χ4n) is 2.01. The first kappa shape index (κ1) is 18.3. The molecule has 2 rings (SSSR count). The Balaban J connectivity index is 2.09. The molecular formula is C15H12N4O7. The quantitative estimate of drug-likeness (QED) is 0.399. The summed E-state index contributed by atoms with van der Waals surface area (Å²) >= 11 is 0. The van der Waals surface area contributed by atoms with Gasteiger partial charge in [0, 0.05) is 23.3 Å². The number of benzene rings is 2. The van der Waals surface area contributed by atoms with E-state index in [2.05, 4.69) is 10.5 Å². The van der Waals surface area contributed by atoms with Crippen LogP contribution in [0, 0.1) is 20.2 Å². The number of nitro benzene ring substituents is 2. The number of nitro groups is 2. The van der Waals surface area contributed by atoms with Gasteiger partial charge in [-0.15, -0.1) is 0 Å². The summed E-state index contributed by atoms with van der Waals surface area (Å²) in [7, 11) is 0. The number of rotatable bonds is 6. The van der Waals surface area contributed by atoms with Gasteiger partial charge in [0.1, 0.15) is 11.5 Å². The Morgan fingerprint density at radius 1 is 1.12 bits per heavy atom. The number of phenolic OH excluding ortho intramolecular Hbond substituents is 2. The van der Waals surface area contributed by atoms with Crippen molar-refractivity contribution in [1.82, 2.24) is 5.43 Å². The van der Waals surface area contributed by atoms with Crippen molar-refractivity contribution >= 4 is 23.5 Å². The second-order valence-corrected chi connectivity index (χ2v) is 5.04. The number of amides is 1. The maximum atomic E-state index is 11.9. The molecular weight excluding hydrogens is 348 g/mol. The molecule has 2 aromatic carbocycles. The van der Waals surface area contributed by atoms with Crippen LogP contribution in [0.2, 0.25) is 0 Å². The number of phenols is 2. The highest BCUT2D eigenvalue weighted by Gasteiger charge is 2.20. The Hall–Kier alpha value is -4.02. The predicted molar refractivity (Wildman–Crippen MR) is 89.0 cm³/mol. The van der Waals surface area contributed by atoms with Gasteiger partial charge in [0.15, 0.2) is 0 Å². The van der Waals surface area contributed by atoms with Crippen molar-refractivity contribution in [3.63, 3.8) is 0 Å². The van der Waals surface area contributed by atoms with Gasteiger partial charge >= 0.3 is 0 Å². The maximum absolute atomic E-state index is 11.9. The minimum absolute atomic E-state index is 0.0132. The summed E-state index contributed by atoms with van der Waals surface area (Å²) in [5.41, 5.74) is 1.34. The third-order valence-electron chi connectivity index (χ3n) is 3.23. The van der Waals surface area contributed by atoms with E-state index in [0.717, 1.165) is 30.5 Å². The number of nitrogens with zero attached hydrogens (tertiary/aromatic N) is 3. The van der Waals surface area contributed by atoms with Crippen molar-refractivity contribution < 1.29 is 24.9 Å². The van der Waals surface area contributed by atoms with Gasteiger partial charge in [-0.2, -0.15) is 5.10 Å². The molecule has 0 aliphatic heterocycles. The van der Waals surface area contributed by atoms with Crippen LogP contribution in [-0.2, 0) is 11.2 Å². The number of hydrogen-bond acceptors (Lipinski definition) is 8. The average Bonchev–Trinajstić information content (AvgIpc) is 2.56. The van der Waals surface area contributed by atoms with Crippen molar-refractivity contribution in [2.75, 3.05) is 0 Å². The third-order valence-corrected chi connectivity index (χ3v) is 3.23. The van der Waals surface area contributed by atoms with Crippen LogP contribution in [0.15, 0.2) is 41.5 Å². The van der Waals surface area contributed by atoms with Crippen LogP contribution in [0.1, 0.15) is 11.1 Å². The van der Waals surface area contributed by atoms with Gasteiger partial charge < -0.3 is 10.2 Å². The van der Waals surface area contributed by atoms with Crippen molar-refractivity contribution in [2.45, 2.75) is 6.42 Å². The summed E-state index contributed by atoms with van der Waals surface area (Å²) in [5, 5.41) is 44.0. The van der Waals surface area contributed by atoms with E-state index in [1.807, 2.05) is 0 Å². The molecule has 2 aromatic rings. The van der Waals surface area contributed by atoms with E-state index < -0.39 is 33.5 Å². The average molecular weight is 360 g/mol. The van der Waals surface area contributed by atoms with Crippen LogP contribution in [0.4, 0.5) is 11.4 Å². The molecule has 11 heteroatoms. The summed E-state index contributed by atoms with van der Waals surface area (Å²) in [6.07, 6.45) is 0.699. The second kappa shape index (κ2) is 7.70. The van der Waals surface area contributed by atoms with Crippen molar-refractivity contribution in [3.8, 4) is 11.5 Å². The lowest BCUT2D eigenvalue weighted by molar-refractivity contribution is -0.394. The van der Waals surface area contributed by atoms with Crippen LogP contribution in [0.25, 0.3) is 0 Å². The number of non-ortho nitro benzene ring substituents is 1. The minimum atomic E-state index is -0.812. The molecule has 0 heterocycles. The maximum Gasteiger partial charge on any atom is 0.279 e. The largest absolute Gasteiger partial charge is 0.508 e. The topological polar surface area (TPSA) is 168 Å². The van der Waals surface area contributed by atoms with Gasteiger partial charge in [0.05, 0.1) is 28.5 Å². The molecule has 1 amide bonds. The smallest absolute Gasteiger partial charge is 0.279 e. The number of carbonyl (C=O) groups excluding carboxylic acids is 1. The van der Waals surface area contributed by atoms with Gasteiger partial charge in [-0.25, -0.2) is 5.43 Å². The Morgan fingerprint density at radius 3 is 2.46 bits per heavy atom. The first-order chi connectivity index (χ1) is 12.3. The highest BCUT2D eigenvalue weighted by atomic mass is 16.6. The first-order valence-corrected chi connectivity index (χ1v) is 7.03. The van der Waals surface area contributed by atoms with E-state index in [1.54, 1.807) is 0 Å². The number of nitrogens with one attached hydrogen (secondary N) is 1. The molecule has 0 fully saturated rings. The summed E-state index contributed by atoms with van der Waals surface area (Å²) in [6, 6.07) is 6.73. The van der Waals surface area contributed by atoms with E-state index in [0.29, 0.717) is 0 Å². The highest BCUT2D eigenvalue weighted by Crippen LogP contribution is 2.25. The summed E-state index contributed by atoms with van der Waals surface area (Å²) in [4.78, 5) is 32.0. The normalized spacial score (nSPS) is 10.6. The molecule has 11 nitrogen and oxygen atoms in total. The van der Waals surface area contributed by atoms with Crippen molar-refractivity contribution in [1.29, 1.82) is 0 Å². The van der Waals surface area contributed by atoms with Gasteiger partial charge in [0.25, 0.3) is 11.4 Å². The van der Waals surface area contributed by atoms with Gasteiger partial charge in [-0.3, -0.25) is 25.0 Å². The Labute approximate surface area is 145 Å². The SMILES string of the molecule is O=C(Cc1ccc([N+](=O)[O-])cc1[N+](=O)[O-])N/N=C/c1ccc(O)cc1O. The first-order valence-electron chi connectivity index (χ1n) is 7.03. The zero-order chi connectivity index (χ0) is 19.3. The minimum Gasteiger partial charge on any atom is -0.508 e. The van der Waals surface area contributed by atoms with Crippen molar-refractivity contribution in [2.24, 2.45) is 5.10 Å². The molecule has 3 N–H and O–H groups in total.